The first kappa shape index (κ1) is 16.4. The molecule has 0 spiro atoms. The first-order valence-electron chi connectivity index (χ1n) is 7.58. The molecular formula is C16H22N2O4. The van der Waals surface area contributed by atoms with Gasteiger partial charge in [-0.05, 0) is 30.9 Å². The maximum absolute atomic E-state index is 12.4. The summed E-state index contributed by atoms with van der Waals surface area (Å²) in [6.07, 6.45) is 1.80. The molecular weight excluding hydrogens is 284 g/mol. The average Bonchev–Trinajstić information content (AvgIpc) is 2.53. The topological polar surface area (TPSA) is 79.7 Å². The van der Waals surface area contributed by atoms with E-state index in [1.807, 2.05) is 0 Å². The van der Waals surface area contributed by atoms with Crippen molar-refractivity contribution >= 4 is 11.9 Å². The van der Waals surface area contributed by atoms with E-state index < -0.39 is 5.97 Å². The van der Waals surface area contributed by atoms with Gasteiger partial charge in [-0.1, -0.05) is 19.9 Å². The van der Waals surface area contributed by atoms with Crippen molar-refractivity contribution in [1.29, 1.82) is 0 Å². The smallest absolute Gasteiger partial charge is 0.354 e. The summed E-state index contributed by atoms with van der Waals surface area (Å²) in [5.74, 6) is -0.844. The van der Waals surface area contributed by atoms with E-state index in [-0.39, 0.29) is 23.4 Å². The number of ether oxygens (including phenoxy) is 1. The number of hydrogen-bond donors (Lipinski definition) is 1. The number of carboxylic acid groups (broad SMARTS) is 1. The Hall–Kier alpha value is -1.95. The molecule has 120 valence electrons. The Morgan fingerprint density at radius 1 is 1.32 bits per heavy atom. The first-order chi connectivity index (χ1) is 10.5. The second-order valence-electron chi connectivity index (χ2n) is 5.93. The van der Waals surface area contributed by atoms with Gasteiger partial charge in [-0.15, -0.1) is 0 Å². The van der Waals surface area contributed by atoms with E-state index >= 15 is 0 Å². The van der Waals surface area contributed by atoms with Crippen LogP contribution in [0.15, 0.2) is 18.2 Å². The van der Waals surface area contributed by atoms with Crippen LogP contribution in [0.5, 0.6) is 0 Å². The van der Waals surface area contributed by atoms with Crippen LogP contribution >= 0.6 is 0 Å². The average molecular weight is 306 g/mol. The SMILES string of the molecule is CC(C)COC1CCN(C(=O)c2cccc(C(=O)O)n2)CC1. The second kappa shape index (κ2) is 7.35. The molecule has 2 rings (SSSR count). The standard InChI is InChI=1S/C16H22N2O4/c1-11(2)10-22-12-6-8-18(9-7-12)15(19)13-4-3-5-14(17-13)16(20)21/h3-5,11-12H,6-10H2,1-2H3,(H,20,21). The van der Waals surface area contributed by atoms with Crippen molar-refractivity contribution in [1.82, 2.24) is 9.88 Å². The van der Waals surface area contributed by atoms with Gasteiger partial charge in [-0.3, -0.25) is 4.79 Å². The minimum atomic E-state index is -1.13. The molecule has 1 N–H and O–H groups in total. The zero-order chi connectivity index (χ0) is 16.1. The maximum atomic E-state index is 12.4. The van der Waals surface area contributed by atoms with E-state index in [0.717, 1.165) is 19.4 Å². The molecule has 1 aliphatic rings. The van der Waals surface area contributed by atoms with Crippen LogP contribution in [0.3, 0.4) is 0 Å². The number of nitrogens with zero attached hydrogens (tertiary/aromatic N) is 2. The fraction of sp³-hybridized carbons (Fsp3) is 0.562. The molecule has 1 aliphatic heterocycles. The molecule has 22 heavy (non-hydrogen) atoms. The lowest BCUT2D eigenvalue weighted by atomic mass is 10.1. The van der Waals surface area contributed by atoms with Crippen molar-refractivity contribution in [2.24, 2.45) is 5.92 Å². The number of carbonyl (C=O) groups excluding carboxylic acids is 1. The molecule has 6 nitrogen and oxygen atoms in total. The van der Waals surface area contributed by atoms with Gasteiger partial charge in [0.2, 0.25) is 0 Å². The number of amides is 1. The third-order valence-corrected chi connectivity index (χ3v) is 3.58. The number of aromatic nitrogens is 1. The number of carbonyl (C=O) groups is 2. The van der Waals surface area contributed by atoms with E-state index in [4.69, 9.17) is 9.84 Å². The van der Waals surface area contributed by atoms with Gasteiger partial charge in [0, 0.05) is 19.7 Å². The molecule has 0 saturated carbocycles. The lowest BCUT2D eigenvalue weighted by Crippen LogP contribution is -2.41. The van der Waals surface area contributed by atoms with E-state index in [1.165, 1.54) is 6.07 Å². The third-order valence-electron chi connectivity index (χ3n) is 3.58. The Bertz CT molecular complexity index is 537. The predicted octanol–water partition coefficient (Wildman–Crippen LogP) is 2.06. The monoisotopic (exact) mass is 306 g/mol. The summed E-state index contributed by atoms with van der Waals surface area (Å²) in [6.45, 7) is 6.18. The molecule has 0 aromatic carbocycles. The number of pyridine rings is 1. The highest BCUT2D eigenvalue weighted by Gasteiger charge is 2.25. The summed E-state index contributed by atoms with van der Waals surface area (Å²) in [4.78, 5) is 28.9. The first-order valence-corrected chi connectivity index (χ1v) is 7.58. The molecule has 1 saturated heterocycles. The Morgan fingerprint density at radius 2 is 1.95 bits per heavy atom. The molecule has 1 aromatic rings. The van der Waals surface area contributed by atoms with E-state index in [2.05, 4.69) is 18.8 Å². The normalized spacial score (nSPS) is 16.0. The summed E-state index contributed by atoms with van der Waals surface area (Å²) in [6, 6.07) is 4.48. The molecule has 1 amide bonds. The van der Waals surface area contributed by atoms with Crippen LogP contribution in [0.1, 0.15) is 47.7 Å². The highest BCUT2D eigenvalue weighted by Crippen LogP contribution is 2.16. The molecule has 0 unspecified atom stereocenters. The van der Waals surface area contributed by atoms with Crippen LogP contribution in [-0.2, 0) is 4.74 Å². The lowest BCUT2D eigenvalue weighted by molar-refractivity contribution is -0.00243. The van der Waals surface area contributed by atoms with E-state index in [0.29, 0.717) is 19.0 Å². The number of piperidine rings is 1. The Morgan fingerprint density at radius 3 is 2.55 bits per heavy atom. The van der Waals surface area contributed by atoms with Crippen LogP contribution in [0, 0.1) is 5.92 Å². The molecule has 1 aromatic heterocycles. The van der Waals surface area contributed by atoms with Gasteiger partial charge < -0.3 is 14.7 Å². The number of carboxylic acids is 1. The fourth-order valence-electron chi connectivity index (χ4n) is 2.39. The molecule has 0 bridgehead atoms. The van der Waals surface area contributed by atoms with Crippen molar-refractivity contribution in [2.75, 3.05) is 19.7 Å². The number of likely N-dealkylation sites (tertiary alicyclic amines) is 1. The van der Waals surface area contributed by atoms with Crippen molar-refractivity contribution < 1.29 is 19.4 Å². The zero-order valence-corrected chi connectivity index (χ0v) is 13.0. The molecule has 6 heteroatoms. The van der Waals surface area contributed by atoms with Crippen LogP contribution in [0.25, 0.3) is 0 Å². The summed E-state index contributed by atoms with van der Waals surface area (Å²) >= 11 is 0. The Balaban J connectivity index is 1.92. The number of hydrogen-bond acceptors (Lipinski definition) is 4. The highest BCUT2D eigenvalue weighted by molar-refractivity contribution is 5.94. The Labute approximate surface area is 130 Å². The van der Waals surface area contributed by atoms with Crippen molar-refractivity contribution in [3.05, 3.63) is 29.6 Å². The molecule has 2 heterocycles. The highest BCUT2D eigenvalue weighted by atomic mass is 16.5. The van der Waals surface area contributed by atoms with Gasteiger partial charge in [0.1, 0.15) is 11.4 Å². The van der Waals surface area contributed by atoms with Gasteiger partial charge in [0.15, 0.2) is 0 Å². The predicted molar refractivity (Wildman–Crippen MR) is 80.9 cm³/mol. The summed E-state index contributed by atoms with van der Waals surface area (Å²) in [7, 11) is 0. The van der Waals surface area contributed by atoms with E-state index in [1.54, 1.807) is 17.0 Å². The molecule has 0 aliphatic carbocycles. The molecule has 1 fully saturated rings. The van der Waals surface area contributed by atoms with Crippen LogP contribution in [0.2, 0.25) is 0 Å². The van der Waals surface area contributed by atoms with Crippen LogP contribution < -0.4 is 0 Å². The van der Waals surface area contributed by atoms with Crippen LogP contribution in [-0.4, -0.2) is 52.7 Å². The zero-order valence-electron chi connectivity index (χ0n) is 13.0. The summed E-state index contributed by atoms with van der Waals surface area (Å²) < 4.78 is 5.80. The van der Waals surface area contributed by atoms with Gasteiger partial charge in [0.25, 0.3) is 5.91 Å². The molecule has 0 radical (unpaired) electrons. The van der Waals surface area contributed by atoms with Crippen molar-refractivity contribution in [3.63, 3.8) is 0 Å². The minimum absolute atomic E-state index is 0.110. The second-order valence-corrected chi connectivity index (χ2v) is 5.93. The minimum Gasteiger partial charge on any atom is -0.477 e. The largest absolute Gasteiger partial charge is 0.477 e. The van der Waals surface area contributed by atoms with Gasteiger partial charge >= 0.3 is 5.97 Å². The quantitative estimate of drug-likeness (QED) is 0.900. The van der Waals surface area contributed by atoms with Crippen molar-refractivity contribution in [2.45, 2.75) is 32.8 Å². The molecule has 0 atom stereocenters. The van der Waals surface area contributed by atoms with E-state index in [9.17, 15) is 9.59 Å². The van der Waals surface area contributed by atoms with Crippen molar-refractivity contribution in [3.8, 4) is 0 Å². The number of rotatable bonds is 5. The maximum Gasteiger partial charge on any atom is 0.354 e. The van der Waals surface area contributed by atoms with Gasteiger partial charge in [-0.25, -0.2) is 9.78 Å². The van der Waals surface area contributed by atoms with Gasteiger partial charge in [0.05, 0.1) is 6.10 Å². The fourth-order valence-corrected chi connectivity index (χ4v) is 2.39. The van der Waals surface area contributed by atoms with Crippen LogP contribution in [0.4, 0.5) is 0 Å². The number of aromatic carboxylic acids is 1. The van der Waals surface area contributed by atoms with Gasteiger partial charge in [-0.2, -0.15) is 0 Å². The summed E-state index contributed by atoms with van der Waals surface area (Å²) in [5, 5.41) is 8.94. The third kappa shape index (κ3) is 4.27. The Kier molecular flexibility index (Phi) is 5.49. The summed E-state index contributed by atoms with van der Waals surface area (Å²) in [5.41, 5.74) is 0.0717. The lowest BCUT2D eigenvalue weighted by Gasteiger charge is -2.32.